The molecule has 294 valence electrons. The molecule has 3 heterocycles. The molecule has 14 nitrogen and oxygen atoms in total. The van der Waals surface area contributed by atoms with E-state index in [-0.39, 0.29) is 17.3 Å². The quantitative estimate of drug-likeness (QED) is 0.0974. The van der Waals surface area contributed by atoms with E-state index in [2.05, 4.69) is 56.9 Å². The molecule has 6 aromatic rings. The van der Waals surface area contributed by atoms with Crippen LogP contribution in [0.25, 0.3) is 16.5 Å². The number of rotatable bonds is 12. The lowest BCUT2D eigenvalue weighted by atomic mass is 9.92. The van der Waals surface area contributed by atoms with Crippen LogP contribution in [0.1, 0.15) is 42.4 Å². The minimum Gasteiger partial charge on any atom is -0.496 e. The van der Waals surface area contributed by atoms with Crippen LogP contribution in [0.4, 0.5) is 27.9 Å². The Balaban J connectivity index is 1.04. The van der Waals surface area contributed by atoms with Crippen LogP contribution < -0.4 is 30.7 Å². The van der Waals surface area contributed by atoms with E-state index < -0.39 is 6.03 Å². The molecule has 4 N–H and O–H groups in total. The lowest BCUT2D eigenvalue weighted by Crippen LogP contribution is -2.41. The minimum absolute atomic E-state index is 0.226. The molecule has 57 heavy (non-hydrogen) atoms. The highest BCUT2D eigenvalue weighted by Gasteiger charge is 2.22. The summed E-state index contributed by atoms with van der Waals surface area (Å²) in [6, 6.07) is 27.6. The van der Waals surface area contributed by atoms with Gasteiger partial charge >= 0.3 is 6.03 Å². The fourth-order valence-corrected chi connectivity index (χ4v) is 6.37. The number of aromatic nitrogens is 4. The Labute approximate surface area is 331 Å². The van der Waals surface area contributed by atoms with E-state index in [9.17, 15) is 9.59 Å². The fourth-order valence-electron chi connectivity index (χ4n) is 6.37. The molecule has 0 saturated carbocycles. The molecule has 0 unspecified atom stereocenters. The summed E-state index contributed by atoms with van der Waals surface area (Å²) in [7, 11) is 1.53. The summed E-state index contributed by atoms with van der Waals surface area (Å²) >= 11 is 0. The molecule has 1 aliphatic heterocycles. The van der Waals surface area contributed by atoms with Crippen molar-refractivity contribution in [1.82, 2.24) is 30.0 Å². The van der Waals surface area contributed by atoms with Crippen molar-refractivity contribution in [2.45, 2.75) is 33.1 Å². The minimum atomic E-state index is -0.416. The van der Waals surface area contributed by atoms with Crippen LogP contribution in [0.3, 0.4) is 0 Å². The van der Waals surface area contributed by atoms with Gasteiger partial charge in [0.2, 0.25) is 11.8 Å². The normalized spacial score (nSPS) is 13.2. The van der Waals surface area contributed by atoms with Crippen molar-refractivity contribution in [3.63, 3.8) is 0 Å². The summed E-state index contributed by atoms with van der Waals surface area (Å²) in [4.78, 5) is 37.9. The topological polar surface area (TPSA) is 157 Å². The lowest BCUT2D eigenvalue weighted by molar-refractivity contribution is 0.0383. The van der Waals surface area contributed by atoms with Crippen molar-refractivity contribution >= 4 is 45.9 Å². The molecule has 0 spiro atoms. The van der Waals surface area contributed by atoms with Crippen molar-refractivity contribution in [3.8, 4) is 23.1 Å². The molecule has 1 aliphatic rings. The Bertz CT molecular complexity index is 2370. The number of hydrogen-bond donors (Lipinski definition) is 4. The van der Waals surface area contributed by atoms with Crippen LogP contribution in [-0.4, -0.2) is 83.1 Å². The van der Waals surface area contributed by atoms with Crippen LogP contribution in [0.2, 0.25) is 0 Å². The number of carbonyl (C=O) groups is 2. The molecule has 7 rings (SSSR count). The van der Waals surface area contributed by atoms with Crippen LogP contribution in [0.15, 0.2) is 97.2 Å². The standard InChI is InChI=1S/C43H47N9O5/c1-28-10-13-30(14-11-28)52-38(27-37(50-52)43(2,3)4)48-42(54)47-34-15-17-36(32-9-7-6-8-31(32)34)57-39-18-19-45-41(49-39)46-29-12-16-35(55-5)33(26-29)40(53)44-20-21-51-22-24-56-25-23-51/h6-19,26-27H,20-25H2,1-5H3,(H,44,53)(H,45,46,49)(H2,47,48,54). The van der Waals surface area contributed by atoms with Crippen molar-refractivity contribution in [2.24, 2.45) is 0 Å². The van der Waals surface area contributed by atoms with Gasteiger partial charge in [-0.15, -0.1) is 0 Å². The number of amides is 3. The highest BCUT2D eigenvalue weighted by Crippen LogP contribution is 2.35. The van der Waals surface area contributed by atoms with E-state index in [0.717, 1.165) is 47.4 Å². The number of hydrogen-bond acceptors (Lipinski definition) is 10. The molecule has 0 radical (unpaired) electrons. The number of nitrogens with zero attached hydrogens (tertiary/aromatic N) is 5. The number of aryl methyl sites for hydroxylation is 1. The predicted octanol–water partition coefficient (Wildman–Crippen LogP) is 7.67. The Hall–Kier alpha value is -6.51. The first-order valence-electron chi connectivity index (χ1n) is 18.9. The van der Waals surface area contributed by atoms with E-state index in [0.29, 0.717) is 59.9 Å². The molecular weight excluding hydrogens is 723 g/mol. The van der Waals surface area contributed by atoms with Gasteiger partial charge in [-0.2, -0.15) is 10.1 Å². The number of methoxy groups -OCH3 is 1. The Kier molecular flexibility index (Phi) is 11.6. The average molecular weight is 770 g/mol. The Morgan fingerprint density at radius 1 is 0.877 bits per heavy atom. The summed E-state index contributed by atoms with van der Waals surface area (Å²) in [5.41, 5.74) is 4.17. The van der Waals surface area contributed by atoms with Crippen molar-refractivity contribution in [2.75, 3.05) is 62.5 Å². The van der Waals surface area contributed by atoms with Gasteiger partial charge in [0.05, 0.1) is 43.0 Å². The predicted molar refractivity (Wildman–Crippen MR) is 222 cm³/mol. The van der Waals surface area contributed by atoms with Gasteiger partial charge in [0.1, 0.15) is 17.3 Å². The number of carbonyl (C=O) groups excluding carboxylic acids is 2. The summed E-state index contributed by atoms with van der Waals surface area (Å²) in [5, 5.41) is 18.6. The smallest absolute Gasteiger partial charge is 0.324 e. The Morgan fingerprint density at radius 3 is 2.39 bits per heavy atom. The van der Waals surface area contributed by atoms with Gasteiger partial charge in [-0.3, -0.25) is 15.0 Å². The monoisotopic (exact) mass is 769 g/mol. The van der Waals surface area contributed by atoms with Gasteiger partial charge in [0.25, 0.3) is 5.91 Å². The van der Waals surface area contributed by atoms with Crippen LogP contribution in [0, 0.1) is 6.92 Å². The number of urea groups is 1. The molecule has 14 heteroatoms. The van der Waals surface area contributed by atoms with E-state index in [1.54, 1.807) is 47.3 Å². The maximum Gasteiger partial charge on any atom is 0.324 e. The molecule has 0 atom stereocenters. The van der Waals surface area contributed by atoms with Gasteiger partial charge in [-0.25, -0.2) is 14.5 Å². The van der Waals surface area contributed by atoms with E-state index in [1.807, 2.05) is 61.5 Å². The van der Waals surface area contributed by atoms with Gasteiger partial charge in [0.15, 0.2) is 0 Å². The van der Waals surface area contributed by atoms with Crippen LogP contribution in [-0.2, 0) is 10.2 Å². The van der Waals surface area contributed by atoms with E-state index in [4.69, 9.17) is 19.3 Å². The lowest BCUT2D eigenvalue weighted by Gasteiger charge is -2.26. The second-order valence-corrected chi connectivity index (χ2v) is 14.7. The first-order chi connectivity index (χ1) is 27.5. The third-order valence-electron chi connectivity index (χ3n) is 9.49. The summed E-state index contributed by atoms with van der Waals surface area (Å²) in [5.74, 6) is 1.86. The van der Waals surface area contributed by atoms with Gasteiger partial charge in [0, 0.05) is 66.4 Å². The summed E-state index contributed by atoms with van der Waals surface area (Å²) in [6.45, 7) is 12.6. The number of morpholine rings is 1. The molecule has 3 amide bonds. The summed E-state index contributed by atoms with van der Waals surface area (Å²) < 4.78 is 18.9. The molecule has 1 fully saturated rings. The SMILES string of the molecule is COc1ccc(Nc2nccc(Oc3ccc(NC(=O)Nc4cc(C(C)(C)C)nn4-c4ccc(C)cc4)c4ccccc34)n2)cc1C(=O)NCCN1CCOCC1. The largest absolute Gasteiger partial charge is 0.496 e. The second kappa shape index (κ2) is 17.1. The van der Waals surface area contributed by atoms with E-state index >= 15 is 0 Å². The second-order valence-electron chi connectivity index (χ2n) is 14.7. The third kappa shape index (κ3) is 9.48. The summed E-state index contributed by atoms with van der Waals surface area (Å²) in [6.07, 6.45) is 1.59. The molecule has 2 aromatic heterocycles. The van der Waals surface area contributed by atoms with Crippen molar-refractivity contribution in [1.29, 1.82) is 0 Å². The zero-order valence-corrected chi connectivity index (χ0v) is 32.8. The van der Waals surface area contributed by atoms with Gasteiger partial charge in [-0.05, 0) is 49.4 Å². The average Bonchev–Trinajstić information content (AvgIpc) is 3.64. The van der Waals surface area contributed by atoms with Crippen molar-refractivity contribution < 1.29 is 23.8 Å². The van der Waals surface area contributed by atoms with Crippen LogP contribution >= 0.6 is 0 Å². The molecule has 0 aliphatic carbocycles. The van der Waals surface area contributed by atoms with Gasteiger partial charge in [-0.1, -0.05) is 62.7 Å². The third-order valence-corrected chi connectivity index (χ3v) is 9.49. The molecule has 0 bridgehead atoms. The number of ether oxygens (including phenoxy) is 3. The number of anilines is 4. The number of fused-ring (bicyclic) bond motifs is 1. The number of nitrogens with one attached hydrogen (secondary N) is 4. The molecular formula is C43H47N9O5. The van der Waals surface area contributed by atoms with Crippen molar-refractivity contribution in [3.05, 3.63) is 114 Å². The molecule has 1 saturated heterocycles. The zero-order valence-electron chi connectivity index (χ0n) is 32.8. The highest BCUT2D eigenvalue weighted by atomic mass is 16.5. The number of benzene rings is 4. The zero-order chi connectivity index (χ0) is 39.9. The van der Waals surface area contributed by atoms with Crippen LogP contribution in [0.5, 0.6) is 17.4 Å². The maximum atomic E-state index is 13.5. The fraction of sp³-hybridized carbons (Fsp3) is 0.279. The van der Waals surface area contributed by atoms with E-state index in [1.165, 1.54) is 7.11 Å². The maximum absolute atomic E-state index is 13.5. The first kappa shape index (κ1) is 38.8. The highest BCUT2D eigenvalue weighted by molar-refractivity contribution is 6.07. The Morgan fingerprint density at radius 2 is 1.63 bits per heavy atom. The first-order valence-corrected chi connectivity index (χ1v) is 18.9. The molecule has 4 aromatic carbocycles. The van der Waals surface area contributed by atoms with Gasteiger partial charge < -0.3 is 30.2 Å².